The molecule has 2 heterocycles. The molecule has 0 radical (unpaired) electrons. The van der Waals surface area contributed by atoms with Crippen molar-refractivity contribution < 1.29 is 12.8 Å². The number of aryl methyl sites for hydroxylation is 1. The topological polar surface area (TPSA) is 83.1 Å². The van der Waals surface area contributed by atoms with E-state index in [1.165, 1.54) is 6.07 Å². The minimum atomic E-state index is -3.55. The van der Waals surface area contributed by atoms with Crippen molar-refractivity contribution in [1.29, 1.82) is 0 Å². The quantitative estimate of drug-likeness (QED) is 0.840. The molecule has 1 aromatic heterocycles. The lowest BCUT2D eigenvalue weighted by Gasteiger charge is -2.27. The molecule has 0 fully saturated rings. The number of sulfone groups is 1. The maximum absolute atomic E-state index is 13.3. The second kappa shape index (κ2) is 6.10. The molecule has 1 aliphatic rings. The van der Waals surface area contributed by atoms with Gasteiger partial charge in [0.25, 0.3) is 5.56 Å². The second-order valence-corrected chi connectivity index (χ2v) is 8.04. The molecule has 8 heteroatoms. The van der Waals surface area contributed by atoms with Gasteiger partial charge < -0.3 is 0 Å². The minimum Gasteiger partial charge on any atom is -0.297 e. The average Bonchev–Trinajstić information content (AvgIpc) is 2.50. The molecular weight excluding hydrogens is 333 g/mol. The highest BCUT2D eigenvalue weighted by atomic mass is 32.2. The predicted molar refractivity (Wildman–Crippen MR) is 86.9 cm³/mol. The molecule has 0 amide bonds. The van der Waals surface area contributed by atoms with Gasteiger partial charge >= 0.3 is 0 Å². The molecule has 6 nitrogen and oxygen atoms in total. The molecule has 3 rings (SSSR count). The summed E-state index contributed by atoms with van der Waals surface area (Å²) in [7, 11) is -3.55. The molecule has 0 atom stereocenters. The van der Waals surface area contributed by atoms with Gasteiger partial charge in [-0.05, 0) is 24.1 Å². The zero-order valence-electron chi connectivity index (χ0n) is 13.5. The largest absolute Gasteiger partial charge is 0.297 e. The maximum atomic E-state index is 13.3. The average molecular weight is 351 g/mol. The van der Waals surface area contributed by atoms with Crippen LogP contribution < -0.4 is 5.56 Å². The number of benzene rings is 1. The number of fused-ring (bicyclic) bond motifs is 1. The third-order valence-corrected chi connectivity index (χ3v) is 5.00. The van der Waals surface area contributed by atoms with E-state index in [4.69, 9.17) is 0 Å². The van der Waals surface area contributed by atoms with Crippen molar-refractivity contribution in [3.05, 3.63) is 56.8 Å². The van der Waals surface area contributed by atoms with Crippen molar-refractivity contribution in [3.8, 4) is 0 Å². The molecule has 1 aromatic carbocycles. The maximum Gasteiger partial charge on any atom is 0.256 e. The third kappa shape index (κ3) is 3.39. The van der Waals surface area contributed by atoms with Crippen molar-refractivity contribution in [2.45, 2.75) is 31.6 Å². The number of hydrogen-bond acceptors (Lipinski definition) is 5. The van der Waals surface area contributed by atoms with Crippen LogP contribution in [0.5, 0.6) is 0 Å². The van der Waals surface area contributed by atoms with E-state index >= 15 is 0 Å². The minimum absolute atomic E-state index is 0.239. The summed E-state index contributed by atoms with van der Waals surface area (Å²) in [6.45, 7) is 3.35. The van der Waals surface area contributed by atoms with E-state index in [0.29, 0.717) is 42.9 Å². The van der Waals surface area contributed by atoms with Crippen LogP contribution in [0.4, 0.5) is 4.39 Å². The monoisotopic (exact) mass is 351 g/mol. The lowest BCUT2D eigenvalue weighted by atomic mass is 10.1. The summed E-state index contributed by atoms with van der Waals surface area (Å²) >= 11 is 0. The Kier molecular flexibility index (Phi) is 4.27. The van der Waals surface area contributed by atoms with Crippen LogP contribution in [0.2, 0.25) is 0 Å². The summed E-state index contributed by atoms with van der Waals surface area (Å²) < 4.78 is 36.5. The van der Waals surface area contributed by atoms with Crippen molar-refractivity contribution >= 4 is 9.84 Å². The van der Waals surface area contributed by atoms with E-state index in [0.717, 1.165) is 11.8 Å². The molecule has 0 bridgehead atoms. The number of aromatic amines is 1. The van der Waals surface area contributed by atoms with Gasteiger partial charge in [-0.1, -0.05) is 12.1 Å². The Balaban J connectivity index is 1.84. The number of hydrogen-bond donors (Lipinski definition) is 1. The molecule has 0 saturated heterocycles. The van der Waals surface area contributed by atoms with Gasteiger partial charge in [-0.25, -0.2) is 17.8 Å². The van der Waals surface area contributed by atoms with Gasteiger partial charge in [0, 0.05) is 32.3 Å². The van der Waals surface area contributed by atoms with Crippen molar-refractivity contribution in [2.24, 2.45) is 0 Å². The normalized spacial score (nSPS) is 15.3. The SMILES string of the molecule is Cc1cc(CN2CCc3nc(S(C)(=O)=O)[nH]c(=O)c3C2)ccc1F. The van der Waals surface area contributed by atoms with Gasteiger partial charge in [0.15, 0.2) is 0 Å². The number of halogens is 1. The van der Waals surface area contributed by atoms with Crippen molar-refractivity contribution in [2.75, 3.05) is 12.8 Å². The lowest BCUT2D eigenvalue weighted by Crippen LogP contribution is -2.36. The first-order chi connectivity index (χ1) is 11.2. The van der Waals surface area contributed by atoms with Crippen molar-refractivity contribution in [3.63, 3.8) is 0 Å². The van der Waals surface area contributed by atoms with Crippen LogP contribution in [0.15, 0.2) is 28.2 Å². The number of H-pyrrole nitrogens is 1. The highest BCUT2D eigenvalue weighted by Crippen LogP contribution is 2.18. The van der Waals surface area contributed by atoms with E-state index in [1.807, 2.05) is 0 Å². The smallest absolute Gasteiger partial charge is 0.256 e. The van der Waals surface area contributed by atoms with E-state index in [1.54, 1.807) is 19.1 Å². The predicted octanol–water partition coefficient (Wildman–Crippen LogP) is 1.18. The molecule has 128 valence electrons. The van der Waals surface area contributed by atoms with Crippen LogP contribution in [0.1, 0.15) is 22.4 Å². The van der Waals surface area contributed by atoms with Gasteiger partial charge in [-0.15, -0.1) is 0 Å². The molecule has 0 unspecified atom stereocenters. The summed E-state index contributed by atoms with van der Waals surface area (Å²) in [6.07, 6.45) is 1.52. The first-order valence-corrected chi connectivity index (χ1v) is 9.42. The zero-order valence-corrected chi connectivity index (χ0v) is 14.3. The molecule has 0 saturated carbocycles. The zero-order chi connectivity index (χ0) is 17.5. The summed E-state index contributed by atoms with van der Waals surface area (Å²) in [5.74, 6) is -0.239. The number of aromatic nitrogens is 2. The third-order valence-electron chi connectivity index (χ3n) is 4.11. The molecule has 0 spiro atoms. The van der Waals surface area contributed by atoms with Crippen LogP contribution in [-0.2, 0) is 29.3 Å². The van der Waals surface area contributed by atoms with Crippen LogP contribution in [0.3, 0.4) is 0 Å². The first kappa shape index (κ1) is 16.8. The fourth-order valence-electron chi connectivity index (χ4n) is 2.83. The van der Waals surface area contributed by atoms with Crippen LogP contribution in [0.25, 0.3) is 0 Å². The highest BCUT2D eigenvalue weighted by molar-refractivity contribution is 7.90. The summed E-state index contributed by atoms with van der Waals surface area (Å²) in [6, 6.07) is 4.96. The Labute approximate surface area is 139 Å². The highest BCUT2D eigenvalue weighted by Gasteiger charge is 2.23. The molecule has 1 N–H and O–H groups in total. The Morgan fingerprint density at radius 2 is 2.12 bits per heavy atom. The number of nitrogens with one attached hydrogen (secondary N) is 1. The summed E-state index contributed by atoms with van der Waals surface area (Å²) in [5.41, 5.74) is 2.16. The lowest BCUT2D eigenvalue weighted by molar-refractivity contribution is 0.240. The Hall–Kier alpha value is -2.06. The fraction of sp³-hybridized carbons (Fsp3) is 0.375. The molecule has 2 aromatic rings. The molecule has 0 aliphatic carbocycles. The van der Waals surface area contributed by atoms with Crippen LogP contribution in [-0.4, -0.2) is 36.1 Å². The first-order valence-electron chi connectivity index (χ1n) is 7.53. The second-order valence-electron chi connectivity index (χ2n) is 6.11. The van der Waals surface area contributed by atoms with Gasteiger partial charge in [-0.3, -0.25) is 14.7 Å². The van der Waals surface area contributed by atoms with Crippen LogP contribution in [0, 0.1) is 12.7 Å². The number of nitrogens with zero attached hydrogens (tertiary/aromatic N) is 2. The Morgan fingerprint density at radius 3 is 2.79 bits per heavy atom. The van der Waals surface area contributed by atoms with Crippen LogP contribution >= 0.6 is 0 Å². The molecular formula is C16H18FN3O3S. The molecule has 24 heavy (non-hydrogen) atoms. The summed E-state index contributed by atoms with van der Waals surface area (Å²) in [5, 5.41) is -0.283. The van der Waals surface area contributed by atoms with Crippen molar-refractivity contribution in [1.82, 2.24) is 14.9 Å². The van der Waals surface area contributed by atoms with Gasteiger partial charge in [0.2, 0.25) is 15.0 Å². The molecule has 1 aliphatic heterocycles. The summed E-state index contributed by atoms with van der Waals surface area (Å²) in [4.78, 5) is 20.7. The van der Waals surface area contributed by atoms with E-state index in [9.17, 15) is 17.6 Å². The van der Waals surface area contributed by atoms with Gasteiger partial charge in [0.05, 0.1) is 11.3 Å². The van der Waals surface area contributed by atoms with Gasteiger partial charge in [0.1, 0.15) is 5.82 Å². The fourth-order valence-corrected chi connectivity index (χ4v) is 3.39. The van der Waals surface area contributed by atoms with E-state index in [2.05, 4.69) is 14.9 Å². The Bertz CT molecular complexity index is 954. The standard InChI is InChI=1S/C16H18FN3O3S/c1-10-7-11(3-4-13(10)17)8-20-6-5-14-12(9-20)15(21)19-16(18-14)24(2,22)23/h3-4,7H,5-6,8-9H2,1-2H3,(H,18,19,21). The Morgan fingerprint density at radius 1 is 1.38 bits per heavy atom. The van der Waals surface area contributed by atoms with Gasteiger partial charge in [-0.2, -0.15) is 0 Å². The number of rotatable bonds is 3. The van der Waals surface area contributed by atoms with E-state index in [-0.39, 0.29) is 11.0 Å². The van der Waals surface area contributed by atoms with E-state index < -0.39 is 15.4 Å².